The second kappa shape index (κ2) is 28.2. The Hall–Kier alpha value is -16.2. The highest BCUT2D eigenvalue weighted by molar-refractivity contribution is 7.00. The summed E-state index contributed by atoms with van der Waals surface area (Å²) < 4.78 is 13.9. The van der Waals surface area contributed by atoms with Crippen molar-refractivity contribution in [2.75, 3.05) is 19.6 Å². The highest BCUT2D eigenvalue weighted by atomic mass is 16.5. The molecule has 4 aliphatic rings. The molecule has 127 heavy (non-hydrogen) atoms. The normalized spacial score (nSPS) is 13.0. The van der Waals surface area contributed by atoms with Gasteiger partial charge in [0.05, 0.1) is 34.1 Å². The molecule has 0 bridgehead atoms. The van der Waals surface area contributed by atoms with E-state index in [-0.39, 0.29) is 0 Å². The molecule has 0 atom stereocenters. The molecule has 4 heterocycles. The standard InChI is InChI=1S/C120H79BN4O2/c1-120(2,3)80-70-111-117-112(71-80)125(119-101(99-66-77-36-9-13-40-85(77)89-44-17-21-48-93(89)99)68-79(74-32-5-4-6-33-74)69-102(119)100-67-78-37-10-14-41-86(78)90-45-18-22-49-94(90)100)110-73-82(123-107-54-25-29-58-115(107)127-116-59-30-26-55-108(116)123)61-63-104(110)121(117)103-62-60-81(122-105-52-23-27-56-113(105)126-114-57-28-24-53-106(114)122)72-109(103)124(111)118-95(97-64-75-34-7-11-38-83(75)87-42-15-19-46-91(87)97)50-31-51-96(118)98-65-76-35-8-12-39-84(76)88-43-16-20-47-92(88)98/h4-73H,1-3H3. The summed E-state index contributed by atoms with van der Waals surface area (Å²) in [6.45, 7) is 6.83. The number of hydrogen-bond acceptors (Lipinski definition) is 6. The van der Waals surface area contributed by atoms with Crippen LogP contribution >= 0.6 is 0 Å². The Morgan fingerprint density at radius 1 is 0.205 bits per heavy atom. The van der Waals surface area contributed by atoms with Gasteiger partial charge in [-0.05, 0) is 268 Å². The van der Waals surface area contributed by atoms with E-state index < -0.39 is 12.1 Å². The van der Waals surface area contributed by atoms with Crippen molar-refractivity contribution in [2.45, 2.75) is 26.2 Å². The van der Waals surface area contributed by atoms with Crippen molar-refractivity contribution in [3.63, 3.8) is 0 Å². The fourth-order valence-corrected chi connectivity index (χ4v) is 21.5. The number of ether oxygens (including phenoxy) is 2. The van der Waals surface area contributed by atoms with Gasteiger partial charge in [-0.1, -0.05) is 324 Å². The maximum absolute atomic E-state index is 6.95. The van der Waals surface area contributed by atoms with Gasteiger partial charge in [0.2, 0.25) is 0 Å². The first-order chi connectivity index (χ1) is 62.7. The molecule has 6 nitrogen and oxygen atoms in total. The molecule has 0 aromatic heterocycles. The average Bonchev–Trinajstić information content (AvgIpc) is 0.680. The van der Waals surface area contributed by atoms with Crippen molar-refractivity contribution >= 4 is 178 Å². The van der Waals surface area contributed by atoms with Crippen LogP contribution in [0.4, 0.5) is 68.2 Å². The molecular weight excluding hydrogens is 1540 g/mol. The van der Waals surface area contributed by atoms with Crippen LogP contribution in [0.1, 0.15) is 26.3 Å². The SMILES string of the molecule is CC(C)(C)c1cc2c3c(c1)N(c1c(-c4cc5ccccc5c5ccccc45)cc(-c4ccccc4)cc1-c1cc4ccccc4c4ccccc14)c1cc(N4c5ccccc5Oc5ccccc54)ccc1B3c1ccc(N3c4ccccc4Oc4ccccc43)cc1N2c1c(-c2cc3ccccc3c3ccccc23)cccc1-c1cc2ccccc2c2ccccc12. The van der Waals surface area contributed by atoms with Crippen LogP contribution in [0.5, 0.6) is 23.0 Å². The zero-order valence-corrected chi connectivity index (χ0v) is 70.1. The van der Waals surface area contributed by atoms with Gasteiger partial charge in [0.1, 0.15) is 0 Å². The lowest BCUT2D eigenvalue weighted by Crippen LogP contribution is -2.61. The van der Waals surface area contributed by atoms with E-state index in [1.54, 1.807) is 0 Å². The number of benzene rings is 22. The highest BCUT2D eigenvalue weighted by Crippen LogP contribution is 2.61. The van der Waals surface area contributed by atoms with Gasteiger partial charge in [-0.2, -0.15) is 0 Å². The van der Waals surface area contributed by atoms with E-state index in [0.717, 1.165) is 179 Å². The van der Waals surface area contributed by atoms with Crippen LogP contribution in [0.15, 0.2) is 425 Å². The second-order valence-corrected chi connectivity index (χ2v) is 35.3. The van der Waals surface area contributed by atoms with E-state index in [1.165, 1.54) is 75.7 Å². The van der Waals surface area contributed by atoms with Crippen molar-refractivity contribution in [1.29, 1.82) is 0 Å². The Labute approximate surface area is 736 Å². The van der Waals surface area contributed by atoms with E-state index in [2.05, 4.69) is 465 Å². The summed E-state index contributed by atoms with van der Waals surface area (Å²) in [5.74, 6) is 3.13. The maximum atomic E-state index is 6.95. The van der Waals surface area contributed by atoms with Gasteiger partial charge in [0.15, 0.2) is 23.0 Å². The topological polar surface area (TPSA) is 31.4 Å². The van der Waals surface area contributed by atoms with Crippen molar-refractivity contribution in [3.8, 4) is 78.6 Å². The van der Waals surface area contributed by atoms with Gasteiger partial charge >= 0.3 is 0 Å². The lowest BCUT2D eigenvalue weighted by molar-refractivity contribution is 0.477. The third-order valence-corrected chi connectivity index (χ3v) is 27.2. The molecule has 22 aromatic carbocycles. The zero-order valence-electron chi connectivity index (χ0n) is 70.1. The minimum absolute atomic E-state index is 0.398. The Kier molecular flexibility index (Phi) is 16.1. The van der Waals surface area contributed by atoms with Crippen LogP contribution < -0.4 is 45.5 Å². The third-order valence-electron chi connectivity index (χ3n) is 27.2. The molecule has 0 radical (unpaired) electrons. The molecule has 0 saturated carbocycles. The van der Waals surface area contributed by atoms with E-state index in [1.807, 2.05) is 0 Å². The molecule has 7 heteroatoms. The van der Waals surface area contributed by atoms with Gasteiger partial charge in [-0.3, -0.25) is 0 Å². The molecule has 594 valence electrons. The van der Waals surface area contributed by atoms with Crippen molar-refractivity contribution in [1.82, 2.24) is 0 Å². The smallest absolute Gasteiger partial charge is 0.252 e. The molecule has 26 rings (SSSR count). The monoisotopic (exact) mass is 1620 g/mol. The molecule has 0 spiro atoms. The minimum Gasteiger partial charge on any atom is -0.453 e. The van der Waals surface area contributed by atoms with Gasteiger partial charge < -0.3 is 29.1 Å². The average molecular weight is 1620 g/mol. The number of para-hydroxylation sites is 9. The van der Waals surface area contributed by atoms with Crippen LogP contribution in [0.2, 0.25) is 0 Å². The first kappa shape index (κ1) is 72.4. The minimum atomic E-state index is -0.470. The molecule has 0 saturated heterocycles. The largest absolute Gasteiger partial charge is 0.453 e. The number of rotatable bonds is 9. The molecule has 0 unspecified atom stereocenters. The predicted octanol–water partition coefficient (Wildman–Crippen LogP) is 31.8. The molecule has 0 aliphatic carbocycles. The van der Waals surface area contributed by atoms with E-state index in [4.69, 9.17) is 9.47 Å². The van der Waals surface area contributed by atoms with Gasteiger partial charge in [-0.15, -0.1) is 0 Å². The van der Waals surface area contributed by atoms with E-state index >= 15 is 0 Å². The molecule has 0 N–H and O–H groups in total. The molecular formula is C120H79BN4O2. The fourth-order valence-electron chi connectivity index (χ4n) is 21.5. The lowest BCUT2D eigenvalue weighted by atomic mass is 9.33. The van der Waals surface area contributed by atoms with E-state index in [0.29, 0.717) is 0 Å². The van der Waals surface area contributed by atoms with Gasteiger partial charge in [0.25, 0.3) is 6.71 Å². The van der Waals surface area contributed by atoms with Crippen molar-refractivity contribution in [2.24, 2.45) is 0 Å². The van der Waals surface area contributed by atoms with Crippen LogP contribution in [0, 0.1) is 0 Å². The zero-order chi connectivity index (χ0) is 83.9. The Morgan fingerprint density at radius 2 is 0.504 bits per heavy atom. The van der Waals surface area contributed by atoms with Crippen LogP contribution in [0.25, 0.3) is 142 Å². The Bertz CT molecular complexity index is 8090. The Balaban J connectivity index is 0.869. The summed E-state index contributed by atoms with van der Waals surface area (Å²) >= 11 is 0. The molecule has 22 aromatic rings. The maximum Gasteiger partial charge on any atom is 0.252 e. The van der Waals surface area contributed by atoms with Gasteiger partial charge in [-0.25, -0.2) is 0 Å². The lowest BCUT2D eigenvalue weighted by Gasteiger charge is -2.47. The predicted molar refractivity (Wildman–Crippen MR) is 536 cm³/mol. The quantitative estimate of drug-likeness (QED) is 0.106. The van der Waals surface area contributed by atoms with Crippen LogP contribution in [-0.4, -0.2) is 6.71 Å². The first-order valence-electron chi connectivity index (χ1n) is 44.0. The Morgan fingerprint density at radius 3 is 0.858 bits per heavy atom. The van der Waals surface area contributed by atoms with Gasteiger partial charge in [0, 0.05) is 56.4 Å². The molecule has 0 amide bonds. The summed E-state index contributed by atoms with van der Waals surface area (Å²) in [5.41, 5.74) is 27.4. The van der Waals surface area contributed by atoms with Crippen molar-refractivity contribution < 1.29 is 9.47 Å². The fraction of sp³-hybridized carbons (Fsp3) is 0.0333. The van der Waals surface area contributed by atoms with E-state index in [9.17, 15) is 0 Å². The summed E-state index contributed by atoms with van der Waals surface area (Å²) in [6, 6.07) is 160. The summed E-state index contributed by atoms with van der Waals surface area (Å²) in [4.78, 5) is 10.4. The van der Waals surface area contributed by atoms with Crippen LogP contribution in [-0.2, 0) is 5.41 Å². The number of anilines is 12. The summed E-state index contributed by atoms with van der Waals surface area (Å²) in [7, 11) is 0. The highest BCUT2D eigenvalue weighted by Gasteiger charge is 2.48. The number of fused-ring (bicyclic) bond motifs is 20. The summed E-state index contributed by atoms with van der Waals surface area (Å²) in [5, 5.41) is 18.9. The molecule has 4 aliphatic heterocycles. The van der Waals surface area contributed by atoms with Crippen LogP contribution in [0.3, 0.4) is 0 Å². The second-order valence-electron chi connectivity index (χ2n) is 35.3. The van der Waals surface area contributed by atoms with Crippen molar-refractivity contribution in [3.05, 3.63) is 430 Å². The summed E-state index contributed by atoms with van der Waals surface area (Å²) in [6.07, 6.45) is 0. The first-order valence-corrected chi connectivity index (χ1v) is 44.0. The number of nitrogens with zero attached hydrogens (tertiary/aromatic N) is 4. The third kappa shape index (κ3) is 11.2. The molecule has 0 fully saturated rings. The number of hydrogen-bond donors (Lipinski definition) is 0.